The molecule has 0 amide bonds. The van der Waals surface area contributed by atoms with Crippen LogP contribution >= 0.6 is 0 Å². The highest BCUT2D eigenvalue weighted by Gasteiger charge is 2.14. The number of ether oxygens (including phenoxy) is 2. The number of aliphatic imine (C=N–C) groups is 1. The Morgan fingerprint density at radius 1 is 1.06 bits per heavy atom. The third kappa shape index (κ3) is 7.82. The summed E-state index contributed by atoms with van der Waals surface area (Å²) in [5, 5.41) is 15.6. The fourth-order valence-electron chi connectivity index (χ4n) is 2.72. The van der Waals surface area contributed by atoms with Gasteiger partial charge >= 0.3 is 11.9 Å². The van der Waals surface area contributed by atoms with E-state index in [1.165, 1.54) is 0 Å². The summed E-state index contributed by atoms with van der Waals surface area (Å²) in [4.78, 5) is 25.8. The van der Waals surface area contributed by atoms with Crippen molar-refractivity contribution in [3.05, 3.63) is 60.7 Å². The number of rotatable bonds is 5. The van der Waals surface area contributed by atoms with Gasteiger partial charge in [0.1, 0.15) is 5.75 Å². The molecule has 0 radical (unpaired) electrons. The lowest BCUT2D eigenvalue weighted by atomic mass is 10.0. The van der Waals surface area contributed by atoms with Gasteiger partial charge in [0.15, 0.2) is 5.96 Å². The Hall–Kier alpha value is -3.85. The summed E-state index contributed by atoms with van der Waals surface area (Å²) in [6.45, 7) is 2.89. The van der Waals surface area contributed by atoms with Gasteiger partial charge in [-0.15, -0.1) is 0 Å². The number of hydrogen-bond acceptors (Lipinski definition) is 5. The van der Waals surface area contributed by atoms with E-state index in [9.17, 15) is 9.59 Å². The van der Waals surface area contributed by atoms with Crippen molar-refractivity contribution in [1.82, 2.24) is 4.90 Å². The van der Waals surface area contributed by atoms with Crippen molar-refractivity contribution in [3.63, 3.8) is 0 Å². The van der Waals surface area contributed by atoms with Crippen molar-refractivity contribution in [2.24, 2.45) is 10.7 Å². The topological polar surface area (TPSA) is 135 Å². The molecule has 0 unspecified atom stereocenters. The maximum atomic E-state index is 9.55. The zero-order chi connectivity index (χ0) is 22.6. The molecule has 164 valence electrons. The van der Waals surface area contributed by atoms with Crippen LogP contribution in [0.3, 0.4) is 0 Å². The third-order valence-corrected chi connectivity index (χ3v) is 4.23. The number of benzene rings is 2. The van der Waals surface area contributed by atoms with Crippen LogP contribution in [0.1, 0.15) is 0 Å². The molecular formula is C22H25N3O6. The first-order valence-electron chi connectivity index (χ1n) is 9.45. The van der Waals surface area contributed by atoms with E-state index in [1.807, 2.05) is 41.3 Å². The Morgan fingerprint density at radius 3 is 2.23 bits per heavy atom. The van der Waals surface area contributed by atoms with E-state index in [4.69, 9.17) is 25.4 Å². The fourth-order valence-corrected chi connectivity index (χ4v) is 2.72. The maximum absolute atomic E-state index is 9.55. The second-order valence-corrected chi connectivity index (χ2v) is 6.33. The predicted molar refractivity (Wildman–Crippen MR) is 117 cm³/mol. The summed E-state index contributed by atoms with van der Waals surface area (Å²) >= 11 is 0. The Bertz CT molecular complexity index is 922. The lowest BCUT2D eigenvalue weighted by Crippen LogP contribution is -2.44. The Kier molecular flexibility index (Phi) is 9.06. The average molecular weight is 427 g/mol. The minimum Gasteiger partial charge on any atom is -0.497 e. The number of carbonyl (C=O) groups is 2. The number of hydrogen-bond donors (Lipinski definition) is 3. The van der Waals surface area contributed by atoms with Gasteiger partial charge in [0.25, 0.3) is 0 Å². The van der Waals surface area contributed by atoms with Gasteiger partial charge in [0.05, 0.1) is 26.0 Å². The number of guanidine groups is 1. The largest absolute Gasteiger partial charge is 0.497 e. The molecule has 1 fully saturated rings. The molecule has 2 aromatic rings. The Morgan fingerprint density at radius 2 is 1.68 bits per heavy atom. The van der Waals surface area contributed by atoms with Gasteiger partial charge < -0.3 is 30.3 Å². The summed E-state index contributed by atoms with van der Waals surface area (Å²) in [5.41, 5.74) is 9.13. The third-order valence-electron chi connectivity index (χ3n) is 4.23. The zero-order valence-electron chi connectivity index (χ0n) is 17.1. The van der Waals surface area contributed by atoms with E-state index < -0.39 is 11.9 Å². The van der Waals surface area contributed by atoms with E-state index >= 15 is 0 Å². The summed E-state index contributed by atoms with van der Waals surface area (Å²) in [5.74, 6) is -1.24. The lowest BCUT2D eigenvalue weighted by molar-refractivity contribution is -0.134. The second-order valence-electron chi connectivity index (χ2n) is 6.33. The highest BCUT2D eigenvalue weighted by Crippen LogP contribution is 2.33. The molecule has 0 bridgehead atoms. The van der Waals surface area contributed by atoms with E-state index in [-0.39, 0.29) is 0 Å². The molecule has 0 atom stereocenters. The predicted octanol–water partition coefficient (Wildman–Crippen LogP) is 2.35. The van der Waals surface area contributed by atoms with E-state index in [1.54, 1.807) is 7.11 Å². The van der Waals surface area contributed by atoms with Crippen LogP contribution in [0.15, 0.2) is 65.7 Å². The highest BCUT2D eigenvalue weighted by atomic mass is 16.5. The van der Waals surface area contributed by atoms with Crippen molar-refractivity contribution in [3.8, 4) is 16.9 Å². The van der Waals surface area contributed by atoms with Crippen LogP contribution in [0.5, 0.6) is 5.75 Å². The highest BCUT2D eigenvalue weighted by molar-refractivity contribution is 5.89. The van der Waals surface area contributed by atoms with Gasteiger partial charge in [-0.1, -0.05) is 30.3 Å². The van der Waals surface area contributed by atoms with Crippen LogP contribution in [-0.4, -0.2) is 66.4 Å². The molecule has 4 N–H and O–H groups in total. The van der Waals surface area contributed by atoms with Crippen molar-refractivity contribution >= 4 is 23.6 Å². The monoisotopic (exact) mass is 427 g/mol. The molecule has 9 nitrogen and oxygen atoms in total. The number of nitrogens with two attached hydrogens (primary N) is 1. The first kappa shape index (κ1) is 23.4. The van der Waals surface area contributed by atoms with Gasteiger partial charge in [-0.3, -0.25) is 0 Å². The molecule has 0 aliphatic carbocycles. The first-order valence-corrected chi connectivity index (χ1v) is 9.45. The van der Waals surface area contributed by atoms with Crippen LogP contribution in [0, 0.1) is 0 Å². The van der Waals surface area contributed by atoms with E-state index in [0.717, 1.165) is 35.7 Å². The second kappa shape index (κ2) is 12.0. The first-order chi connectivity index (χ1) is 14.9. The number of morpholine rings is 1. The van der Waals surface area contributed by atoms with Crippen molar-refractivity contribution in [2.45, 2.75) is 0 Å². The fraction of sp³-hybridized carbons (Fsp3) is 0.227. The Labute approximate surface area is 180 Å². The molecule has 9 heteroatoms. The summed E-state index contributed by atoms with van der Waals surface area (Å²) in [6.07, 6.45) is 1.12. The van der Waals surface area contributed by atoms with Crippen LogP contribution in [0.25, 0.3) is 11.1 Å². The molecule has 3 rings (SSSR count). The van der Waals surface area contributed by atoms with Crippen LogP contribution in [-0.2, 0) is 14.3 Å². The number of carboxylic acids is 2. The quantitative estimate of drug-likeness (QED) is 0.376. The number of carboxylic acid groups (broad SMARTS) is 2. The van der Waals surface area contributed by atoms with Crippen LogP contribution in [0.4, 0.5) is 5.69 Å². The molecular weight excluding hydrogens is 402 g/mol. The molecule has 0 spiro atoms. The van der Waals surface area contributed by atoms with Gasteiger partial charge in [-0.25, -0.2) is 14.6 Å². The van der Waals surface area contributed by atoms with Gasteiger partial charge in [0.2, 0.25) is 0 Å². The Balaban J connectivity index is 0.000000366. The normalized spacial score (nSPS) is 14.0. The number of methoxy groups -OCH3 is 1. The van der Waals surface area contributed by atoms with Gasteiger partial charge in [-0.05, 0) is 17.7 Å². The maximum Gasteiger partial charge on any atom is 0.328 e. The summed E-state index contributed by atoms with van der Waals surface area (Å²) < 4.78 is 10.7. The number of aliphatic carboxylic acids is 2. The van der Waals surface area contributed by atoms with Crippen molar-refractivity contribution in [1.29, 1.82) is 0 Å². The molecule has 1 saturated heterocycles. The molecule has 0 saturated carbocycles. The molecule has 1 heterocycles. The van der Waals surface area contributed by atoms with Gasteiger partial charge in [-0.2, -0.15) is 0 Å². The minimum absolute atomic E-state index is 0.513. The van der Waals surface area contributed by atoms with Gasteiger partial charge in [0, 0.05) is 36.9 Å². The van der Waals surface area contributed by atoms with E-state index in [0.29, 0.717) is 31.3 Å². The average Bonchev–Trinajstić information content (AvgIpc) is 2.79. The standard InChI is InChI=1S/C18H21N3O2.C4H4O4/c1-22-15-7-8-16(14-5-3-2-4-6-14)17(13-15)20-18(19)21-9-11-23-12-10-21;5-3(6)1-2-4(7)8/h2-8,13H,9-12H2,1H3,(H2,19,20);1-2H,(H,5,6)(H,7,8)/b;2-1+. The lowest BCUT2D eigenvalue weighted by Gasteiger charge is -2.27. The zero-order valence-corrected chi connectivity index (χ0v) is 17.1. The van der Waals surface area contributed by atoms with Crippen molar-refractivity contribution < 1.29 is 29.3 Å². The smallest absolute Gasteiger partial charge is 0.328 e. The molecule has 1 aliphatic heterocycles. The number of nitrogens with zero attached hydrogens (tertiary/aromatic N) is 2. The van der Waals surface area contributed by atoms with Crippen LogP contribution < -0.4 is 10.5 Å². The summed E-state index contributed by atoms with van der Waals surface area (Å²) in [6, 6.07) is 16.0. The SMILES string of the molecule is COc1ccc(-c2ccccc2)c(N=C(N)N2CCOCC2)c1.O=C(O)/C=C/C(=O)O. The van der Waals surface area contributed by atoms with Crippen LogP contribution in [0.2, 0.25) is 0 Å². The summed E-state index contributed by atoms with van der Waals surface area (Å²) in [7, 11) is 1.65. The van der Waals surface area contributed by atoms with E-state index in [2.05, 4.69) is 17.1 Å². The van der Waals surface area contributed by atoms with Crippen molar-refractivity contribution in [2.75, 3.05) is 33.4 Å². The molecule has 2 aromatic carbocycles. The molecule has 0 aromatic heterocycles. The molecule has 1 aliphatic rings. The molecule has 31 heavy (non-hydrogen) atoms. The minimum atomic E-state index is -1.26.